The van der Waals surface area contributed by atoms with Crippen LogP contribution in [0.4, 0.5) is 28.0 Å². The van der Waals surface area contributed by atoms with Crippen molar-refractivity contribution in [3.05, 3.63) is 46.5 Å². The van der Waals surface area contributed by atoms with E-state index >= 15 is 0 Å². The molecule has 13 heteroatoms. The molecule has 1 aromatic carbocycles. The standard InChI is InChI=1S/C22H26F4N6O3/c1-12-7-18-15(19-20(33)30(4)35-14(9-29(2)3)10-32(19)28-18)11-31(12)21(34)27-13-5-6-17(23)16(8-13)22(24,25)26/h5-6,8,12,14H,7,9-11H2,1-4H3,(H,27,34). The van der Waals surface area contributed by atoms with E-state index in [1.54, 1.807) is 11.6 Å². The van der Waals surface area contributed by atoms with Crippen LogP contribution in [0.2, 0.25) is 0 Å². The van der Waals surface area contributed by atoms with Crippen molar-refractivity contribution < 1.29 is 32.0 Å². The number of likely N-dealkylation sites (N-methyl/N-ethyl adjacent to an activating group) is 1. The summed E-state index contributed by atoms with van der Waals surface area (Å²) in [5.74, 6) is -1.82. The van der Waals surface area contributed by atoms with Crippen LogP contribution in [0.5, 0.6) is 0 Å². The Balaban J connectivity index is 1.59. The van der Waals surface area contributed by atoms with Crippen molar-refractivity contribution in [2.75, 3.05) is 33.0 Å². The first kappa shape index (κ1) is 24.9. The van der Waals surface area contributed by atoms with E-state index < -0.39 is 29.5 Å². The maximum atomic E-state index is 13.6. The van der Waals surface area contributed by atoms with Crippen LogP contribution in [0.25, 0.3) is 0 Å². The predicted molar refractivity (Wildman–Crippen MR) is 117 cm³/mol. The van der Waals surface area contributed by atoms with Gasteiger partial charge in [0.05, 0.1) is 24.3 Å². The molecule has 2 aliphatic rings. The number of alkyl halides is 3. The zero-order valence-corrected chi connectivity index (χ0v) is 19.7. The molecule has 0 aliphatic carbocycles. The van der Waals surface area contributed by atoms with Gasteiger partial charge in [0.25, 0.3) is 5.91 Å². The fourth-order valence-corrected chi connectivity index (χ4v) is 4.40. The van der Waals surface area contributed by atoms with Crippen molar-refractivity contribution in [3.63, 3.8) is 0 Å². The Bertz CT molecular complexity index is 1150. The Morgan fingerprint density at radius 2 is 2.03 bits per heavy atom. The van der Waals surface area contributed by atoms with Gasteiger partial charge in [-0.1, -0.05) is 0 Å². The Hall–Kier alpha value is -3.19. The molecule has 3 heterocycles. The average Bonchev–Trinajstić information content (AvgIpc) is 3.03. The minimum atomic E-state index is -4.90. The van der Waals surface area contributed by atoms with E-state index in [0.717, 1.165) is 11.1 Å². The predicted octanol–water partition coefficient (Wildman–Crippen LogP) is 2.97. The largest absolute Gasteiger partial charge is 0.419 e. The summed E-state index contributed by atoms with van der Waals surface area (Å²) in [4.78, 5) is 35.2. The van der Waals surface area contributed by atoms with Gasteiger partial charge < -0.3 is 15.1 Å². The second-order valence-corrected chi connectivity index (χ2v) is 9.05. The van der Waals surface area contributed by atoms with Crippen LogP contribution in [0.15, 0.2) is 18.2 Å². The highest BCUT2D eigenvalue weighted by molar-refractivity contribution is 5.94. The Morgan fingerprint density at radius 3 is 2.69 bits per heavy atom. The molecule has 0 saturated heterocycles. The minimum Gasteiger partial charge on any atom is -0.317 e. The summed E-state index contributed by atoms with van der Waals surface area (Å²) in [5, 5.41) is 8.19. The quantitative estimate of drug-likeness (QED) is 0.659. The molecule has 2 aliphatic heterocycles. The third kappa shape index (κ3) is 4.96. The Morgan fingerprint density at radius 1 is 1.31 bits per heavy atom. The molecule has 0 saturated carbocycles. The third-order valence-electron chi connectivity index (χ3n) is 6.01. The lowest BCUT2D eigenvalue weighted by molar-refractivity contribution is -0.152. The monoisotopic (exact) mass is 498 g/mol. The number of anilines is 1. The fraction of sp³-hybridized carbons (Fsp3) is 0.500. The second kappa shape index (κ2) is 9.11. The van der Waals surface area contributed by atoms with Crippen molar-refractivity contribution in [1.29, 1.82) is 0 Å². The van der Waals surface area contributed by atoms with E-state index in [0.29, 0.717) is 48.6 Å². The number of amides is 3. The number of nitrogens with zero attached hydrogens (tertiary/aromatic N) is 5. The zero-order chi connectivity index (χ0) is 25.7. The lowest BCUT2D eigenvalue weighted by atomic mass is 9.99. The molecule has 4 rings (SSSR count). The number of hydrogen-bond donors (Lipinski definition) is 1. The van der Waals surface area contributed by atoms with Gasteiger partial charge in [0.2, 0.25) is 0 Å². The van der Waals surface area contributed by atoms with Crippen molar-refractivity contribution >= 4 is 17.6 Å². The van der Waals surface area contributed by atoms with Gasteiger partial charge >= 0.3 is 12.2 Å². The van der Waals surface area contributed by atoms with Crippen LogP contribution in [-0.2, 0) is 30.5 Å². The maximum Gasteiger partial charge on any atom is 0.419 e. The van der Waals surface area contributed by atoms with Crippen molar-refractivity contribution in [2.45, 2.75) is 44.8 Å². The maximum absolute atomic E-state index is 13.6. The Kier molecular flexibility index (Phi) is 6.49. The number of aromatic nitrogens is 2. The molecule has 190 valence electrons. The van der Waals surface area contributed by atoms with Gasteiger partial charge in [-0.05, 0) is 39.2 Å². The topological polar surface area (TPSA) is 82.9 Å². The van der Waals surface area contributed by atoms with Crippen LogP contribution in [0, 0.1) is 5.82 Å². The highest BCUT2D eigenvalue weighted by Gasteiger charge is 2.38. The van der Waals surface area contributed by atoms with Gasteiger partial charge in [0.1, 0.15) is 17.6 Å². The summed E-state index contributed by atoms with van der Waals surface area (Å²) in [6, 6.07) is 1.27. The normalized spacial score (nSPS) is 20.5. The summed E-state index contributed by atoms with van der Waals surface area (Å²) < 4.78 is 54.4. The Labute approximate surface area is 199 Å². The summed E-state index contributed by atoms with van der Waals surface area (Å²) in [7, 11) is 5.30. The minimum absolute atomic E-state index is 0.0307. The first-order valence-corrected chi connectivity index (χ1v) is 11.0. The molecular formula is C22H26F4N6O3. The lowest BCUT2D eigenvalue weighted by Gasteiger charge is -2.33. The van der Waals surface area contributed by atoms with Crippen molar-refractivity contribution in [2.24, 2.45) is 0 Å². The van der Waals surface area contributed by atoms with Crippen LogP contribution in [-0.4, -0.2) is 76.4 Å². The number of hydroxylamine groups is 2. The lowest BCUT2D eigenvalue weighted by Crippen LogP contribution is -2.45. The van der Waals surface area contributed by atoms with E-state index in [9.17, 15) is 27.2 Å². The summed E-state index contributed by atoms with van der Waals surface area (Å²) >= 11 is 0. The molecule has 9 nitrogen and oxygen atoms in total. The number of carbonyl (C=O) groups is 2. The van der Waals surface area contributed by atoms with Crippen LogP contribution in [0.3, 0.4) is 0 Å². The number of nitrogens with one attached hydrogen (secondary N) is 1. The number of halogens is 4. The van der Waals surface area contributed by atoms with Gasteiger partial charge in [-0.25, -0.2) is 14.2 Å². The van der Waals surface area contributed by atoms with Crippen molar-refractivity contribution in [3.8, 4) is 0 Å². The zero-order valence-electron chi connectivity index (χ0n) is 19.7. The molecule has 2 atom stereocenters. The summed E-state index contributed by atoms with van der Waals surface area (Å²) in [6.45, 7) is 2.71. The summed E-state index contributed by atoms with van der Waals surface area (Å²) in [5.41, 5.74) is -0.0859. The SMILES string of the molecule is CC1Cc2nn3c(c2CN1C(=O)Nc1ccc(F)c(C(F)(F)F)c1)C(=O)N(C)OC(CN(C)C)C3. The number of fused-ring (bicyclic) bond motifs is 3. The van der Waals surface area contributed by atoms with Gasteiger partial charge in [0.15, 0.2) is 0 Å². The highest BCUT2D eigenvalue weighted by atomic mass is 19.4. The molecule has 35 heavy (non-hydrogen) atoms. The van der Waals surface area contributed by atoms with E-state index in [1.807, 2.05) is 19.0 Å². The first-order chi connectivity index (χ1) is 16.3. The second-order valence-electron chi connectivity index (χ2n) is 9.05. The van der Waals surface area contributed by atoms with E-state index in [-0.39, 0.29) is 24.4 Å². The van der Waals surface area contributed by atoms with Crippen LogP contribution >= 0.6 is 0 Å². The number of benzene rings is 1. The van der Waals surface area contributed by atoms with Gasteiger partial charge in [-0.2, -0.15) is 18.3 Å². The highest BCUT2D eigenvalue weighted by Crippen LogP contribution is 2.34. The van der Waals surface area contributed by atoms with E-state index in [2.05, 4.69) is 10.4 Å². The van der Waals surface area contributed by atoms with Crippen LogP contribution in [0.1, 0.15) is 34.2 Å². The molecular weight excluding hydrogens is 472 g/mol. The molecule has 1 N–H and O–H groups in total. The van der Waals surface area contributed by atoms with Gasteiger partial charge in [-0.3, -0.25) is 14.3 Å². The molecule has 0 radical (unpaired) electrons. The fourth-order valence-electron chi connectivity index (χ4n) is 4.40. The first-order valence-electron chi connectivity index (χ1n) is 11.0. The number of rotatable bonds is 3. The molecule has 2 unspecified atom stereocenters. The van der Waals surface area contributed by atoms with Gasteiger partial charge in [-0.15, -0.1) is 0 Å². The molecule has 0 spiro atoms. The molecule has 0 fully saturated rings. The number of urea groups is 1. The van der Waals surface area contributed by atoms with E-state index in [1.165, 1.54) is 11.9 Å². The molecule has 0 bridgehead atoms. The molecule has 1 aromatic heterocycles. The smallest absolute Gasteiger partial charge is 0.317 e. The number of hydrogen-bond acceptors (Lipinski definition) is 5. The molecule has 2 aromatic rings. The molecule has 3 amide bonds. The number of carbonyl (C=O) groups excluding carboxylic acids is 2. The summed E-state index contributed by atoms with van der Waals surface area (Å²) in [6.07, 6.45) is -4.86. The average molecular weight is 498 g/mol. The van der Waals surface area contributed by atoms with Crippen LogP contribution < -0.4 is 5.32 Å². The van der Waals surface area contributed by atoms with Gasteiger partial charge in [0, 0.05) is 37.3 Å². The van der Waals surface area contributed by atoms with E-state index in [4.69, 9.17) is 4.84 Å². The van der Waals surface area contributed by atoms with Crippen molar-refractivity contribution in [1.82, 2.24) is 24.6 Å². The third-order valence-corrected chi connectivity index (χ3v) is 6.01.